The van der Waals surface area contributed by atoms with Crippen molar-refractivity contribution in [3.63, 3.8) is 0 Å². The van der Waals surface area contributed by atoms with Gasteiger partial charge >= 0.3 is 0 Å². The Bertz CT molecular complexity index is 412. The number of allylic oxidation sites excluding steroid dienone is 1. The van der Waals surface area contributed by atoms with Gasteiger partial charge in [-0.05, 0) is 38.0 Å². The highest BCUT2D eigenvalue weighted by Crippen LogP contribution is 2.13. The van der Waals surface area contributed by atoms with E-state index in [-0.39, 0.29) is 17.1 Å². The molecule has 15 heavy (non-hydrogen) atoms. The minimum Gasteiger partial charge on any atom is -0.294 e. The molecule has 0 fully saturated rings. The van der Waals surface area contributed by atoms with E-state index in [1.54, 1.807) is 6.08 Å². The van der Waals surface area contributed by atoms with Gasteiger partial charge in [-0.2, -0.15) is 0 Å². The molecule has 0 saturated heterocycles. The van der Waals surface area contributed by atoms with E-state index < -0.39 is 0 Å². The first kappa shape index (κ1) is 11.4. The summed E-state index contributed by atoms with van der Waals surface area (Å²) in [6, 6.07) is 7.65. The summed E-state index contributed by atoms with van der Waals surface area (Å²) in [6.45, 7) is 4.76. The Labute approximate surface area is 89.6 Å². The van der Waals surface area contributed by atoms with E-state index in [1.807, 2.05) is 31.2 Å². The Kier molecular flexibility index (Phi) is 3.56. The predicted molar refractivity (Wildman–Crippen MR) is 60.5 cm³/mol. The summed E-state index contributed by atoms with van der Waals surface area (Å²) in [5.74, 6) is -0.378. The molecule has 0 unspecified atom stereocenters. The van der Waals surface area contributed by atoms with E-state index in [1.165, 1.54) is 13.8 Å². The van der Waals surface area contributed by atoms with Crippen molar-refractivity contribution in [2.75, 3.05) is 0 Å². The third-order valence-electron chi connectivity index (χ3n) is 2.25. The molecule has 0 heterocycles. The fraction of sp³-hybridized carbons (Fsp3) is 0.231. The lowest BCUT2D eigenvalue weighted by atomic mass is 10.0. The van der Waals surface area contributed by atoms with E-state index in [0.29, 0.717) is 0 Å². The molecule has 0 bridgehead atoms. The predicted octanol–water partition coefficient (Wildman–Crippen LogP) is 2.56. The lowest BCUT2D eigenvalue weighted by Gasteiger charge is -2.02. The zero-order chi connectivity index (χ0) is 11.4. The van der Waals surface area contributed by atoms with Crippen LogP contribution in [0.5, 0.6) is 0 Å². The minimum absolute atomic E-state index is 0.189. The second kappa shape index (κ2) is 4.69. The Hall–Kier alpha value is -1.70. The van der Waals surface area contributed by atoms with Crippen molar-refractivity contribution in [2.24, 2.45) is 0 Å². The molecule has 1 aromatic rings. The molecule has 0 atom stereocenters. The SMILES string of the molecule is CC(=O)C(=Cc1ccccc1C)C(C)=O. The molecular formula is C13H14O2. The van der Waals surface area contributed by atoms with Crippen molar-refractivity contribution in [1.82, 2.24) is 0 Å². The molecule has 0 aromatic heterocycles. The second-order valence-electron chi connectivity index (χ2n) is 3.53. The van der Waals surface area contributed by atoms with Gasteiger partial charge in [0.1, 0.15) is 0 Å². The van der Waals surface area contributed by atoms with Crippen molar-refractivity contribution in [3.8, 4) is 0 Å². The number of hydrogen-bond acceptors (Lipinski definition) is 2. The molecule has 78 valence electrons. The molecule has 0 spiro atoms. The molecule has 1 rings (SSSR count). The van der Waals surface area contributed by atoms with Gasteiger partial charge in [-0.15, -0.1) is 0 Å². The van der Waals surface area contributed by atoms with Gasteiger partial charge in [-0.1, -0.05) is 24.3 Å². The van der Waals surface area contributed by atoms with Crippen LogP contribution >= 0.6 is 0 Å². The number of rotatable bonds is 3. The van der Waals surface area contributed by atoms with Crippen LogP contribution in [0.4, 0.5) is 0 Å². The summed E-state index contributed by atoms with van der Waals surface area (Å²) in [6.07, 6.45) is 1.65. The van der Waals surface area contributed by atoms with Crippen molar-refractivity contribution < 1.29 is 9.59 Å². The van der Waals surface area contributed by atoms with Gasteiger partial charge in [0.15, 0.2) is 11.6 Å². The van der Waals surface area contributed by atoms with E-state index in [9.17, 15) is 9.59 Å². The van der Waals surface area contributed by atoms with E-state index in [4.69, 9.17) is 0 Å². The largest absolute Gasteiger partial charge is 0.294 e. The van der Waals surface area contributed by atoms with Crippen LogP contribution in [0.1, 0.15) is 25.0 Å². The molecule has 0 amide bonds. The number of aryl methyl sites for hydroxylation is 1. The highest BCUT2D eigenvalue weighted by Gasteiger charge is 2.09. The molecule has 0 radical (unpaired) electrons. The second-order valence-corrected chi connectivity index (χ2v) is 3.53. The maximum Gasteiger partial charge on any atom is 0.163 e. The quantitative estimate of drug-likeness (QED) is 0.429. The van der Waals surface area contributed by atoms with Gasteiger partial charge < -0.3 is 0 Å². The van der Waals surface area contributed by atoms with Crippen LogP contribution < -0.4 is 0 Å². The van der Waals surface area contributed by atoms with Crippen LogP contribution in [0.2, 0.25) is 0 Å². The fourth-order valence-corrected chi connectivity index (χ4v) is 1.36. The fourth-order valence-electron chi connectivity index (χ4n) is 1.36. The summed E-state index contributed by atoms with van der Waals surface area (Å²) in [4.78, 5) is 22.4. The maximum atomic E-state index is 11.2. The summed E-state index contributed by atoms with van der Waals surface area (Å²) >= 11 is 0. The first-order valence-electron chi connectivity index (χ1n) is 4.81. The van der Waals surface area contributed by atoms with Crippen LogP contribution in [0.15, 0.2) is 29.8 Å². The van der Waals surface area contributed by atoms with E-state index in [2.05, 4.69) is 0 Å². The third-order valence-corrected chi connectivity index (χ3v) is 2.25. The standard InChI is InChI=1S/C13H14O2/c1-9-6-4-5-7-12(9)8-13(10(2)14)11(3)15/h4-8H,1-3H3. The number of Topliss-reactive ketones (excluding diaryl/α,β-unsaturated/α-hetero) is 2. The van der Waals surface area contributed by atoms with Gasteiger partial charge in [0.25, 0.3) is 0 Å². The topological polar surface area (TPSA) is 34.1 Å². The average Bonchev–Trinajstić information content (AvgIpc) is 2.15. The van der Waals surface area contributed by atoms with Crippen LogP contribution in [-0.4, -0.2) is 11.6 Å². The third kappa shape index (κ3) is 2.88. The molecule has 2 nitrogen and oxygen atoms in total. The van der Waals surface area contributed by atoms with E-state index in [0.717, 1.165) is 11.1 Å². The summed E-state index contributed by atoms with van der Waals surface area (Å²) in [5.41, 5.74) is 2.22. The Balaban J connectivity index is 3.19. The van der Waals surface area contributed by atoms with Crippen molar-refractivity contribution in [3.05, 3.63) is 41.0 Å². The number of hydrogen-bond donors (Lipinski definition) is 0. The van der Waals surface area contributed by atoms with E-state index >= 15 is 0 Å². The lowest BCUT2D eigenvalue weighted by Crippen LogP contribution is -2.05. The van der Waals surface area contributed by atoms with Gasteiger partial charge in [0.05, 0.1) is 5.57 Å². The highest BCUT2D eigenvalue weighted by atomic mass is 16.1. The Morgan fingerprint density at radius 2 is 1.60 bits per heavy atom. The first-order valence-corrected chi connectivity index (χ1v) is 4.81. The summed E-state index contributed by atoms with van der Waals surface area (Å²) in [7, 11) is 0. The summed E-state index contributed by atoms with van der Waals surface area (Å²) in [5, 5.41) is 0. The molecule has 0 N–H and O–H groups in total. The first-order chi connectivity index (χ1) is 7.02. The zero-order valence-corrected chi connectivity index (χ0v) is 9.20. The normalized spacial score (nSPS) is 9.53. The monoisotopic (exact) mass is 202 g/mol. The maximum absolute atomic E-state index is 11.2. The molecular weight excluding hydrogens is 188 g/mol. The average molecular weight is 202 g/mol. The Morgan fingerprint density at radius 1 is 1.07 bits per heavy atom. The van der Waals surface area contributed by atoms with Gasteiger partial charge in [0.2, 0.25) is 0 Å². The van der Waals surface area contributed by atoms with Crippen molar-refractivity contribution in [1.29, 1.82) is 0 Å². The van der Waals surface area contributed by atoms with Gasteiger partial charge in [0, 0.05) is 0 Å². The van der Waals surface area contributed by atoms with Crippen LogP contribution in [0.3, 0.4) is 0 Å². The highest BCUT2D eigenvalue weighted by molar-refractivity contribution is 6.21. The summed E-state index contributed by atoms with van der Waals surface area (Å²) < 4.78 is 0. The minimum atomic E-state index is -0.189. The van der Waals surface area contributed by atoms with Crippen molar-refractivity contribution in [2.45, 2.75) is 20.8 Å². The number of carbonyl (C=O) groups is 2. The van der Waals surface area contributed by atoms with Gasteiger partial charge in [-0.3, -0.25) is 9.59 Å². The van der Waals surface area contributed by atoms with Crippen molar-refractivity contribution >= 4 is 17.6 Å². The smallest absolute Gasteiger partial charge is 0.163 e. The molecule has 0 aliphatic rings. The Morgan fingerprint density at radius 3 is 2.07 bits per heavy atom. The number of benzene rings is 1. The molecule has 0 aliphatic heterocycles. The molecule has 1 aromatic carbocycles. The van der Waals surface area contributed by atoms with Crippen LogP contribution in [0, 0.1) is 6.92 Å². The number of carbonyl (C=O) groups excluding carboxylic acids is 2. The zero-order valence-electron chi connectivity index (χ0n) is 9.20. The molecule has 2 heteroatoms. The van der Waals surface area contributed by atoms with Crippen LogP contribution in [-0.2, 0) is 9.59 Å². The molecule has 0 aliphatic carbocycles. The van der Waals surface area contributed by atoms with Crippen LogP contribution in [0.25, 0.3) is 6.08 Å². The lowest BCUT2D eigenvalue weighted by molar-refractivity contribution is -0.119. The molecule has 0 saturated carbocycles. The van der Waals surface area contributed by atoms with Gasteiger partial charge in [-0.25, -0.2) is 0 Å². The number of ketones is 2.